The van der Waals surface area contributed by atoms with Crippen molar-refractivity contribution >= 4 is 44.8 Å². The predicted octanol–water partition coefficient (Wildman–Crippen LogP) is 2.80. The fourth-order valence-corrected chi connectivity index (χ4v) is 6.09. The molecule has 3 N–H and O–H groups in total. The van der Waals surface area contributed by atoms with E-state index in [2.05, 4.69) is 26.3 Å². The third-order valence-electron chi connectivity index (χ3n) is 7.50. The molecule has 11 heteroatoms. The SMILES string of the molecule is CS(=O)(=O)Nc1ccccc1N1CCN(C(=O)[C@H](Cc2ccc(Cl)cc2)NC(=O)[C@@H]2Cc3ccccc3CN2)CC1. The molecule has 0 aliphatic carbocycles. The molecule has 1 fully saturated rings. The van der Waals surface area contributed by atoms with Crippen LogP contribution in [-0.2, 0) is 39.0 Å². The van der Waals surface area contributed by atoms with Crippen LogP contribution in [0.2, 0.25) is 5.02 Å². The molecular formula is C30H34ClN5O4S. The standard InChI is InChI=1S/C30H34ClN5O4S/c1-41(39,40)34-25-8-4-5-9-28(25)35-14-16-36(17-15-35)30(38)27(18-21-10-12-24(31)13-11-21)33-29(37)26-19-22-6-2-3-7-23(22)20-32-26/h2-13,26-27,32,34H,14-20H2,1H3,(H,33,37)/t26-,27-/m0/s1. The summed E-state index contributed by atoms with van der Waals surface area (Å²) in [5.74, 6) is -0.349. The number of amides is 2. The van der Waals surface area contributed by atoms with E-state index >= 15 is 0 Å². The molecule has 5 rings (SSSR count). The summed E-state index contributed by atoms with van der Waals surface area (Å²) in [6.45, 7) is 2.53. The Morgan fingerprint density at radius 3 is 2.32 bits per heavy atom. The van der Waals surface area contributed by atoms with Gasteiger partial charge >= 0.3 is 0 Å². The molecule has 0 saturated carbocycles. The highest BCUT2D eigenvalue weighted by Crippen LogP contribution is 2.27. The zero-order chi connectivity index (χ0) is 29.0. The van der Waals surface area contributed by atoms with Gasteiger partial charge in [-0.15, -0.1) is 0 Å². The molecule has 2 heterocycles. The van der Waals surface area contributed by atoms with E-state index in [-0.39, 0.29) is 11.8 Å². The minimum Gasteiger partial charge on any atom is -0.366 e. The zero-order valence-electron chi connectivity index (χ0n) is 22.8. The van der Waals surface area contributed by atoms with E-state index in [1.54, 1.807) is 29.2 Å². The van der Waals surface area contributed by atoms with E-state index in [4.69, 9.17) is 11.6 Å². The number of hydrogen-bond donors (Lipinski definition) is 3. The first-order chi connectivity index (χ1) is 19.7. The molecule has 0 bridgehead atoms. The number of rotatable bonds is 8. The highest BCUT2D eigenvalue weighted by molar-refractivity contribution is 7.92. The zero-order valence-corrected chi connectivity index (χ0v) is 24.4. The number of sulfonamides is 1. The van der Waals surface area contributed by atoms with Crippen molar-refractivity contribution in [2.45, 2.75) is 31.5 Å². The Bertz CT molecular complexity index is 1510. The molecular weight excluding hydrogens is 562 g/mol. The molecule has 41 heavy (non-hydrogen) atoms. The van der Waals surface area contributed by atoms with Crippen LogP contribution in [-0.4, -0.2) is 69.7 Å². The molecule has 0 aromatic heterocycles. The van der Waals surface area contributed by atoms with Gasteiger partial charge in [-0.05, 0) is 47.4 Å². The largest absolute Gasteiger partial charge is 0.366 e. The smallest absolute Gasteiger partial charge is 0.245 e. The first-order valence-electron chi connectivity index (χ1n) is 13.6. The minimum absolute atomic E-state index is 0.147. The molecule has 3 aromatic carbocycles. The number of nitrogens with one attached hydrogen (secondary N) is 3. The molecule has 0 radical (unpaired) electrons. The summed E-state index contributed by atoms with van der Waals surface area (Å²) in [5.41, 5.74) is 4.48. The van der Waals surface area contributed by atoms with Gasteiger partial charge < -0.3 is 20.4 Å². The maximum absolute atomic E-state index is 13.8. The van der Waals surface area contributed by atoms with Gasteiger partial charge in [0.05, 0.1) is 23.7 Å². The number of para-hydroxylation sites is 2. The Morgan fingerprint density at radius 2 is 1.61 bits per heavy atom. The minimum atomic E-state index is -3.44. The molecule has 3 aromatic rings. The summed E-state index contributed by atoms with van der Waals surface area (Å²) in [6.07, 6.45) is 2.02. The van der Waals surface area contributed by atoms with Gasteiger partial charge in [-0.3, -0.25) is 14.3 Å². The molecule has 2 aliphatic rings. The number of anilines is 2. The second-order valence-electron chi connectivity index (χ2n) is 10.5. The lowest BCUT2D eigenvalue weighted by molar-refractivity contribution is -0.137. The Kier molecular flexibility index (Phi) is 8.82. The summed E-state index contributed by atoms with van der Waals surface area (Å²) in [6, 6.07) is 21.4. The molecule has 9 nitrogen and oxygen atoms in total. The van der Waals surface area contributed by atoms with Crippen molar-refractivity contribution in [3.63, 3.8) is 0 Å². The van der Waals surface area contributed by atoms with Crippen molar-refractivity contribution in [1.82, 2.24) is 15.5 Å². The highest BCUT2D eigenvalue weighted by atomic mass is 35.5. The maximum Gasteiger partial charge on any atom is 0.245 e. The van der Waals surface area contributed by atoms with Gasteiger partial charge in [-0.1, -0.05) is 60.1 Å². The third kappa shape index (κ3) is 7.38. The van der Waals surface area contributed by atoms with E-state index in [9.17, 15) is 18.0 Å². The Morgan fingerprint density at radius 1 is 0.951 bits per heavy atom. The lowest BCUT2D eigenvalue weighted by atomic mass is 9.95. The molecule has 216 valence electrons. The Labute approximate surface area is 245 Å². The van der Waals surface area contributed by atoms with Crippen LogP contribution in [0.3, 0.4) is 0 Å². The van der Waals surface area contributed by atoms with Gasteiger partial charge in [0.1, 0.15) is 6.04 Å². The van der Waals surface area contributed by atoms with Crippen molar-refractivity contribution in [2.24, 2.45) is 0 Å². The number of hydrogen-bond acceptors (Lipinski definition) is 6. The topological polar surface area (TPSA) is 111 Å². The van der Waals surface area contributed by atoms with Crippen LogP contribution in [0.1, 0.15) is 16.7 Å². The lowest BCUT2D eigenvalue weighted by Crippen LogP contribution is -2.58. The maximum atomic E-state index is 13.8. The summed E-state index contributed by atoms with van der Waals surface area (Å²) in [4.78, 5) is 31.1. The van der Waals surface area contributed by atoms with Crippen molar-refractivity contribution in [3.05, 3.63) is 94.5 Å². The second-order valence-corrected chi connectivity index (χ2v) is 12.7. The van der Waals surface area contributed by atoms with Crippen molar-refractivity contribution in [3.8, 4) is 0 Å². The first-order valence-corrected chi connectivity index (χ1v) is 15.9. The number of nitrogens with zero attached hydrogens (tertiary/aromatic N) is 2. The van der Waals surface area contributed by atoms with Gasteiger partial charge in [-0.2, -0.15) is 0 Å². The predicted molar refractivity (Wildman–Crippen MR) is 162 cm³/mol. The van der Waals surface area contributed by atoms with Crippen LogP contribution in [0.15, 0.2) is 72.8 Å². The number of carbonyl (C=O) groups is 2. The first kappa shape index (κ1) is 28.9. The van der Waals surface area contributed by atoms with E-state index in [0.717, 1.165) is 23.1 Å². The summed E-state index contributed by atoms with van der Waals surface area (Å²) < 4.78 is 26.3. The molecule has 2 atom stereocenters. The summed E-state index contributed by atoms with van der Waals surface area (Å²) in [5, 5.41) is 6.95. The van der Waals surface area contributed by atoms with Crippen molar-refractivity contribution in [2.75, 3.05) is 42.1 Å². The highest BCUT2D eigenvalue weighted by Gasteiger charge is 2.32. The van der Waals surface area contributed by atoms with Crippen molar-refractivity contribution in [1.29, 1.82) is 0 Å². The van der Waals surface area contributed by atoms with E-state index in [0.29, 0.717) is 56.3 Å². The molecule has 2 aliphatic heterocycles. The van der Waals surface area contributed by atoms with Gasteiger partial charge in [0.2, 0.25) is 21.8 Å². The number of fused-ring (bicyclic) bond motifs is 1. The number of halogens is 1. The Hall–Kier alpha value is -3.60. The molecule has 2 amide bonds. The monoisotopic (exact) mass is 595 g/mol. The average Bonchev–Trinajstić information content (AvgIpc) is 2.97. The van der Waals surface area contributed by atoms with E-state index < -0.39 is 22.1 Å². The fourth-order valence-electron chi connectivity index (χ4n) is 5.39. The average molecular weight is 596 g/mol. The van der Waals surface area contributed by atoms with E-state index in [1.165, 1.54) is 5.56 Å². The van der Waals surface area contributed by atoms with Gasteiger partial charge in [0, 0.05) is 44.2 Å². The fraction of sp³-hybridized carbons (Fsp3) is 0.333. The van der Waals surface area contributed by atoms with Crippen LogP contribution in [0, 0.1) is 0 Å². The summed E-state index contributed by atoms with van der Waals surface area (Å²) in [7, 11) is -3.44. The normalized spacial score (nSPS) is 17.9. The van der Waals surface area contributed by atoms with Gasteiger partial charge in [-0.25, -0.2) is 8.42 Å². The van der Waals surface area contributed by atoms with Crippen LogP contribution in [0.5, 0.6) is 0 Å². The Balaban J connectivity index is 1.28. The second kappa shape index (κ2) is 12.5. The lowest BCUT2D eigenvalue weighted by Gasteiger charge is -2.38. The number of carbonyl (C=O) groups excluding carboxylic acids is 2. The van der Waals surface area contributed by atoms with Crippen LogP contribution < -0.4 is 20.3 Å². The number of benzene rings is 3. The van der Waals surface area contributed by atoms with Gasteiger partial charge in [0.25, 0.3) is 0 Å². The number of piperazine rings is 1. The van der Waals surface area contributed by atoms with Crippen LogP contribution in [0.25, 0.3) is 0 Å². The van der Waals surface area contributed by atoms with E-state index in [1.807, 2.05) is 42.5 Å². The quantitative estimate of drug-likeness (QED) is 0.369. The third-order valence-corrected chi connectivity index (χ3v) is 8.34. The molecule has 0 spiro atoms. The molecule has 1 saturated heterocycles. The summed E-state index contributed by atoms with van der Waals surface area (Å²) >= 11 is 6.07. The van der Waals surface area contributed by atoms with Crippen LogP contribution in [0.4, 0.5) is 11.4 Å². The van der Waals surface area contributed by atoms with Gasteiger partial charge in [0.15, 0.2) is 0 Å². The molecule has 0 unspecified atom stereocenters. The van der Waals surface area contributed by atoms with Crippen LogP contribution >= 0.6 is 11.6 Å². The van der Waals surface area contributed by atoms with Crippen molar-refractivity contribution < 1.29 is 18.0 Å².